The Morgan fingerprint density at radius 2 is 2.24 bits per heavy atom. The van der Waals surface area contributed by atoms with Gasteiger partial charge < -0.3 is 9.26 Å². The minimum absolute atomic E-state index is 0.0990. The molecular weight excluding hydrogens is 266 g/mol. The third-order valence-electron chi connectivity index (χ3n) is 4.86. The molecule has 3 atom stereocenters. The second kappa shape index (κ2) is 6.28. The van der Waals surface area contributed by atoms with Gasteiger partial charge in [-0.05, 0) is 38.5 Å². The van der Waals surface area contributed by atoms with Gasteiger partial charge in [0.1, 0.15) is 6.04 Å². The van der Waals surface area contributed by atoms with E-state index in [1.807, 2.05) is 6.92 Å². The van der Waals surface area contributed by atoms with Crippen molar-refractivity contribution in [3.8, 4) is 0 Å². The first-order chi connectivity index (χ1) is 10.1. The van der Waals surface area contributed by atoms with Crippen molar-refractivity contribution < 1.29 is 9.26 Å². The van der Waals surface area contributed by atoms with Gasteiger partial charge in [0.15, 0.2) is 5.82 Å². The summed E-state index contributed by atoms with van der Waals surface area (Å²) in [5.41, 5.74) is 1.53. The van der Waals surface area contributed by atoms with Crippen LogP contribution in [0, 0.1) is 18.8 Å². The molecule has 2 aliphatic rings. The summed E-state index contributed by atoms with van der Waals surface area (Å²) in [6.45, 7) is 9.91. The van der Waals surface area contributed by atoms with E-state index in [1.54, 1.807) is 0 Å². The highest BCUT2D eigenvalue weighted by atomic mass is 16.5. The number of hydrogen-bond acceptors (Lipinski definition) is 5. The summed E-state index contributed by atoms with van der Waals surface area (Å²) in [5.74, 6) is 2.75. The minimum Gasteiger partial charge on any atom is -0.378 e. The van der Waals surface area contributed by atoms with Crippen LogP contribution >= 0.6 is 0 Å². The maximum atomic E-state index is 5.63. The zero-order valence-corrected chi connectivity index (χ0v) is 13.2. The summed E-state index contributed by atoms with van der Waals surface area (Å²) in [6.07, 6.45) is 4.91. The fraction of sp³-hybridized carbons (Fsp3) is 0.750. The standard InChI is InChI=1S/C16H25N3O2/c1-11-5-4-6-12(2)14(11)9-19-7-8-20-10-15(19)16-17-13(3)18-21-16/h5,12,14-15H,4,6-10H2,1-3H3/t12-,14+,15+/m0/s1. The van der Waals surface area contributed by atoms with Crippen LogP contribution in [0.5, 0.6) is 0 Å². The van der Waals surface area contributed by atoms with E-state index in [2.05, 4.69) is 35.0 Å². The molecule has 1 aromatic heterocycles. The summed E-state index contributed by atoms with van der Waals surface area (Å²) in [6, 6.07) is 0.0990. The first-order valence-electron chi connectivity index (χ1n) is 7.94. The Labute approximate surface area is 126 Å². The Morgan fingerprint density at radius 1 is 1.38 bits per heavy atom. The van der Waals surface area contributed by atoms with Crippen LogP contribution in [0.1, 0.15) is 44.4 Å². The number of aryl methyl sites for hydroxylation is 1. The predicted molar refractivity (Wildman–Crippen MR) is 79.8 cm³/mol. The van der Waals surface area contributed by atoms with Gasteiger partial charge in [0.25, 0.3) is 0 Å². The molecule has 5 nitrogen and oxygen atoms in total. The molecule has 21 heavy (non-hydrogen) atoms. The molecule has 5 heteroatoms. The number of allylic oxidation sites excluding steroid dienone is 1. The second-order valence-electron chi connectivity index (χ2n) is 6.37. The molecule has 1 saturated heterocycles. The summed E-state index contributed by atoms with van der Waals surface area (Å²) in [5, 5.41) is 3.92. The van der Waals surface area contributed by atoms with Crippen molar-refractivity contribution in [3.05, 3.63) is 23.4 Å². The zero-order chi connectivity index (χ0) is 14.8. The molecule has 0 N–H and O–H groups in total. The number of hydrogen-bond donors (Lipinski definition) is 0. The molecular formula is C16H25N3O2. The average Bonchev–Trinajstić information content (AvgIpc) is 2.90. The van der Waals surface area contributed by atoms with Crippen molar-refractivity contribution in [2.75, 3.05) is 26.3 Å². The van der Waals surface area contributed by atoms with Crippen LogP contribution in [0.15, 0.2) is 16.2 Å². The molecule has 0 spiro atoms. The molecule has 1 aliphatic heterocycles. The highest BCUT2D eigenvalue weighted by molar-refractivity contribution is 5.10. The average molecular weight is 291 g/mol. The topological polar surface area (TPSA) is 51.4 Å². The lowest BCUT2D eigenvalue weighted by atomic mass is 9.79. The molecule has 1 aromatic rings. The van der Waals surface area contributed by atoms with Crippen LogP contribution in [-0.2, 0) is 4.74 Å². The monoisotopic (exact) mass is 291 g/mol. The molecule has 0 amide bonds. The van der Waals surface area contributed by atoms with Gasteiger partial charge in [0, 0.05) is 13.1 Å². The van der Waals surface area contributed by atoms with Gasteiger partial charge in [0.2, 0.25) is 5.89 Å². The second-order valence-corrected chi connectivity index (χ2v) is 6.37. The maximum Gasteiger partial charge on any atom is 0.246 e. The molecule has 1 aliphatic carbocycles. The first-order valence-corrected chi connectivity index (χ1v) is 7.94. The smallest absolute Gasteiger partial charge is 0.246 e. The fourth-order valence-corrected chi connectivity index (χ4v) is 3.48. The SMILES string of the molecule is CC1=CCC[C@H](C)[C@@H]1CN1CCOC[C@@H]1c1nc(C)no1. The molecule has 0 unspecified atom stereocenters. The lowest BCUT2D eigenvalue weighted by molar-refractivity contribution is -0.0278. The van der Waals surface area contributed by atoms with Crippen molar-refractivity contribution in [3.63, 3.8) is 0 Å². The lowest BCUT2D eigenvalue weighted by Crippen LogP contribution is -2.43. The van der Waals surface area contributed by atoms with Crippen molar-refractivity contribution in [1.82, 2.24) is 15.0 Å². The Bertz CT molecular complexity index is 511. The van der Waals surface area contributed by atoms with Gasteiger partial charge in [0.05, 0.1) is 13.2 Å². The Balaban J connectivity index is 1.75. The van der Waals surface area contributed by atoms with Gasteiger partial charge in [-0.2, -0.15) is 4.98 Å². The molecule has 0 aromatic carbocycles. The lowest BCUT2D eigenvalue weighted by Gasteiger charge is -2.38. The third kappa shape index (κ3) is 3.19. The molecule has 1 fully saturated rings. The van der Waals surface area contributed by atoms with Crippen molar-refractivity contribution in [2.45, 2.75) is 39.7 Å². The first kappa shape index (κ1) is 14.7. The van der Waals surface area contributed by atoms with Crippen LogP contribution in [0.2, 0.25) is 0 Å². The molecule has 0 saturated carbocycles. The summed E-state index contributed by atoms with van der Waals surface area (Å²) < 4.78 is 11.0. The predicted octanol–water partition coefficient (Wildman–Crippen LogP) is 2.74. The van der Waals surface area contributed by atoms with Crippen molar-refractivity contribution in [1.29, 1.82) is 0 Å². The minimum atomic E-state index is 0.0990. The highest BCUT2D eigenvalue weighted by Gasteiger charge is 2.33. The number of morpholine rings is 1. The van der Waals surface area contributed by atoms with Crippen LogP contribution in [0.25, 0.3) is 0 Å². The van der Waals surface area contributed by atoms with Gasteiger partial charge in [-0.15, -0.1) is 0 Å². The van der Waals surface area contributed by atoms with E-state index in [4.69, 9.17) is 9.26 Å². The van der Waals surface area contributed by atoms with Gasteiger partial charge in [-0.3, -0.25) is 4.90 Å². The number of ether oxygens (including phenoxy) is 1. The summed E-state index contributed by atoms with van der Waals surface area (Å²) in [7, 11) is 0. The van der Waals surface area contributed by atoms with E-state index in [1.165, 1.54) is 18.4 Å². The van der Waals surface area contributed by atoms with Gasteiger partial charge in [-0.25, -0.2) is 0 Å². The van der Waals surface area contributed by atoms with Crippen LogP contribution in [0.3, 0.4) is 0 Å². The summed E-state index contributed by atoms with van der Waals surface area (Å²) in [4.78, 5) is 6.86. The van der Waals surface area contributed by atoms with E-state index in [0.717, 1.165) is 25.6 Å². The van der Waals surface area contributed by atoms with Crippen LogP contribution < -0.4 is 0 Å². The third-order valence-corrected chi connectivity index (χ3v) is 4.86. The van der Waals surface area contributed by atoms with Gasteiger partial charge >= 0.3 is 0 Å². The van der Waals surface area contributed by atoms with Crippen LogP contribution in [0.4, 0.5) is 0 Å². The highest BCUT2D eigenvalue weighted by Crippen LogP contribution is 2.33. The normalized spacial score (nSPS) is 31.2. The summed E-state index contributed by atoms with van der Waals surface area (Å²) >= 11 is 0. The fourth-order valence-electron chi connectivity index (χ4n) is 3.48. The molecule has 116 valence electrons. The van der Waals surface area contributed by atoms with E-state index in [0.29, 0.717) is 24.2 Å². The van der Waals surface area contributed by atoms with Crippen molar-refractivity contribution in [2.24, 2.45) is 11.8 Å². The number of aromatic nitrogens is 2. The van der Waals surface area contributed by atoms with E-state index < -0.39 is 0 Å². The van der Waals surface area contributed by atoms with E-state index in [9.17, 15) is 0 Å². The van der Waals surface area contributed by atoms with E-state index in [-0.39, 0.29) is 6.04 Å². The van der Waals surface area contributed by atoms with Crippen molar-refractivity contribution >= 4 is 0 Å². The molecule has 2 heterocycles. The van der Waals surface area contributed by atoms with Crippen LogP contribution in [-0.4, -0.2) is 41.3 Å². The van der Waals surface area contributed by atoms with Gasteiger partial charge in [-0.1, -0.05) is 23.7 Å². The molecule has 0 bridgehead atoms. The zero-order valence-electron chi connectivity index (χ0n) is 13.2. The molecule has 0 radical (unpaired) electrons. The quantitative estimate of drug-likeness (QED) is 0.802. The Hall–Kier alpha value is -1.20. The Morgan fingerprint density at radius 3 is 2.95 bits per heavy atom. The van der Waals surface area contributed by atoms with E-state index >= 15 is 0 Å². The Kier molecular flexibility index (Phi) is 4.40. The molecule has 3 rings (SSSR count). The number of nitrogens with zero attached hydrogens (tertiary/aromatic N) is 3. The number of rotatable bonds is 3. The maximum absolute atomic E-state index is 5.63. The largest absolute Gasteiger partial charge is 0.378 e.